The van der Waals surface area contributed by atoms with Crippen molar-refractivity contribution in [3.8, 4) is 0 Å². The van der Waals surface area contributed by atoms with E-state index in [9.17, 15) is 4.79 Å². The van der Waals surface area contributed by atoms with Crippen molar-refractivity contribution in [2.75, 3.05) is 20.3 Å². The summed E-state index contributed by atoms with van der Waals surface area (Å²) >= 11 is 1.64. The molecule has 0 N–H and O–H groups in total. The second kappa shape index (κ2) is 4.93. The van der Waals surface area contributed by atoms with E-state index in [1.165, 1.54) is 0 Å². The van der Waals surface area contributed by atoms with Crippen LogP contribution in [0.4, 0.5) is 0 Å². The molecule has 0 saturated carbocycles. The van der Waals surface area contributed by atoms with Crippen molar-refractivity contribution in [3.63, 3.8) is 0 Å². The normalized spacial score (nSPS) is 20.4. The molecule has 16 heavy (non-hydrogen) atoms. The number of hydrogen-bond acceptors (Lipinski definition) is 4. The topological polar surface area (TPSA) is 42.4 Å². The number of carbonyl (C=O) groups excluding carboxylic acids is 1. The first kappa shape index (κ1) is 11.5. The molecule has 0 spiro atoms. The first-order valence-corrected chi connectivity index (χ1v) is 6.30. The number of hydrogen-bond donors (Lipinski definition) is 0. The second-order valence-corrected chi connectivity index (χ2v) is 4.89. The van der Waals surface area contributed by atoms with Gasteiger partial charge in [0.05, 0.1) is 6.04 Å². The molecule has 4 nitrogen and oxygen atoms in total. The average molecular weight is 240 g/mol. The Morgan fingerprint density at radius 1 is 1.75 bits per heavy atom. The number of amides is 1. The van der Waals surface area contributed by atoms with Crippen LogP contribution in [0, 0.1) is 6.92 Å². The van der Waals surface area contributed by atoms with E-state index < -0.39 is 0 Å². The molecule has 88 valence electrons. The van der Waals surface area contributed by atoms with Gasteiger partial charge in [-0.1, -0.05) is 0 Å². The maximum Gasteiger partial charge on any atom is 0.249 e. The molecule has 1 aliphatic heterocycles. The highest BCUT2D eigenvalue weighted by Gasteiger charge is 2.31. The maximum absolute atomic E-state index is 11.8. The molecular formula is C11H16N2O2S. The van der Waals surface area contributed by atoms with Crippen LogP contribution in [-0.2, 0) is 9.53 Å². The summed E-state index contributed by atoms with van der Waals surface area (Å²) < 4.78 is 4.90. The zero-order valence-corrected chi connectivity index (χ0v) is 10.4. The minimum Gasteiger partial charge on any atom is -0.375 e. The van der Waals surface area contributed by atoms with Crippen LogP contribution >= 0.6 is 11.3 Å². The Balaban J connectivity index is 2.11. The summed E-state index contributed by atoms with van der Waals surface area (Å²) in [6.45, 7) is 2.97. The van der Waals surface area contributed by atoms with Gasteiger partial charge in [0.25, 0.3) is 0 Å². The van der Waals surface area contributed by atoms with E-state index in [4.69, 9.17) is 4.74 Å². The van der Waals surface area contributed by atoms with Gasteiger partial charge in [-0.15, -0.1) is 11.3 Å². The molecule has 1 aliphatic rings. The van der Waals surface area contributed by atoms with Crippen LogP contribution in [0.25, 0.3) is 0 Å². The van der Waals surface area contributed by atoms with E-state index in [-0.39, 0.29) is 18.6 Å². The van der Waals surface area contributed by atoms with Crippen LogP contribution in [0.2, 0.25) is 0 Å². The van der Waals surface area contributed by atoms with E-state index in [1.807, 2.05) is 17.2 Å². The molecule has 1 fully saturated rings. The fourth-order valence-corrected chi connectivity index (χ4v) is 3.00. The highest BCUT2D eigenvalue weighted by molar-refractivity contribution is 7.09. The van der Waals surface area contributed by atoms with Gasteiger partial charge in [0.1, 0.15) is 11.6 Å². The predicted molar refractivity (Wildman–Crippen MR) is 62.4 cm³/mol. The summed E-state index contributed by atoms with van der Waals surface area (Å²) in [7, 11) is 1.55. The van der Waals surface area contributed by atoms with E-state index in [2.05, 4.69) is 4.98 Å². The molecule has 1 atom stereocenters. The van der Waals surface area contributed by atoms with Gasteiger partial charge in [0, 0.05) is 24.7 Å². The zero-order valence-electron chi connectivity index (χ0n) is 9.60. The molecule has 0 aromatic carbocycles. The molecule has 2 rings (SSSR count). The van der Waals surface area contributed by atoms with Crippen molar-refractivity contribution in [2.45, 2.75) is 25.8 Å². The van der Waals surface area contributed by atoms with Crippen LogP contribution in [0.5, 0.6) is 0 Å². The number of carbonyl (C=O) groups is 1. The minimum atomic E-state index is 0.0675. The Morgan fingerprint density at radius 2 is 2.56 bits per heavy atom. The monoisotopic (exact) mass is 240 g/mol. The first-order valence-electron chi connectivity index (χ1n) is 5.43. The van der Waals surface area contributed by atoms with Crippen molar-refractivity contribution < 1.29 is 9.53 Å². The minimum absolute atomic E-state index is 0.0675. The van der Waals surface area contributed by atoms with Gasteiger partial charge in [0.2, 0.25) is 5.91 Å². The number of aryl methyl sites for hydroxylation is 1. The SMILES string of the molecule is COCC(=O)N1CCC[C@H]1c1nc(C)cs1. The molecule has 1 aromatic rings. The van der Waals surface area contributed by atoms with Crippen LogP contribution in [0.15, 0.2) is 5.38 Å². The molecule has 0 aliphatic carbocycles. The third-order valence-corrected chi connectivity index (χ3v) is 3.83. The number of nitrogens with zero attached hydrogens (tertiary/aromatic N) is 2. The van der Waals surface area contributed by atoms with Crippen LogP contribution in [-0.4, -0.2) is 36.1 Å². The third kappa shape index (κ3) is 2.25. The van der Waals surface area contributed by atoms with Gasteiger partial charge in [-0.05, 0) is 19.8 Å². The van der Waals surface area contributed by atoms with E-state index in [0.717, 1.165) is 30.1 Å². The third-order valence-electron chi connectivity index (χ3n) is 2.76. The number of thiazole rings is 1. The Morgan fingerprint density at radius 3 is 3.19 bits per heavy atom. The van der Waals surface area contributed by atoms with E-state index in [0.29, 0.717) is 0 Å². The number of aromatic nitrogens is 1. The molecule has 0 bridgehead atoms. The standard InChI is InChI=1S/C11H16N2O2S/c1-8-7-16-11(12-8)9-4-3-5-13(9)10(14)6-15-2/h7,9H,3-6H2,1-2H3/t9-/m0/s1. The fraction of sp³-hybridized carbons (Fsp3) is 0.636. The van der Waals surface area contributed by atoms with Gasteiger partial charge in [-0.3, -0.25) is 4.79 Å². The molecule has 1 saturated heterocycles. The lowest BCUT2D eigenvalue weighted by Gasteiger charge is -2.22. The Hall–Kier alpha value is -0.940. The van der Waals surface area contributed by atoms with Crippen LogP contribution in [0.3, 0.4) is 0 Å². The van der Waals surface area contributed by atoms with Crippen molar-refractivity contribution >= 4 is 17.2 Å². The Labute approximate surface area is 99.2 Å². The molecule has 5 heteroatoms. The smallest absolute Gasteiger partial charge is 0.249 e. The molecule has 0 radical (unpaired) electrons. The summed E-state index contributed by atoms with van der Waals surface area (Å²) in [4.78, 5) is 18.2. The second-order valence-electron chi connectivity index (χ2n) is 4.01. The Kier molecular flexibility index (Phi) is 3.56. The molecule has 1 aromatic heterocycles. The summed E-state index contributed by atoms with van der Waals surface area (Å²) in [6, 6.07) is 0.168. The van der Waals surface area contributed by atoms with E-state index in [1.54, 1.807) is 18.4 Å². The lowest BCUT2D eigenvalue weighted by Crippen LogP contribution is -2.33. The number of methoxy groups -OCH3 is 1. The van der Waals surface area contributed by atoms with Gasteiger partial charge in [-0.25, -0.2) is 4.98 Å². The van der Waals surface area contributed by atoms with Crippen LogP contribution in [0.1, 0.15) is 29.6 Å². The molecule has 2 heterocycles. The summed E-state index contributed by atoms with van der Waals surface area (Å²) in [5.41, 5.74) is 1.03. The van der Waals surface area contributed by atoms with Crippen molar-refractivity contribution in [3.05, 3.63) is 16.1 Å². The molecular weight excluding hydrogens is 224 g/mol. The van der Waals surface area contributed by atoms with Crippen molar-refractivity contribution in [2.24, 2.45) is 0 Å². The average Bonchev–Trinajstić information content (AvgIpc) is 2.85. The summed E-state index contributed by atoms with van der Waals surface area (Å²) in [5.74, 6) is 0.0675. The van der Waals surface area contributed by atoms with Crippen molar-refractivity contribution in [1.82, 2.24) is 9.88 Å². The highest BCUT2D eigenvalue weighted by Crippen LogP contribution is 2.33. The Bertz CT molecular complexity index is 378. The number of rotatable bonds is 3. The van der Waals surface area contributed by atoms with Gasteiger partial charge in [-0.2, -0.15) is 0 Å². The fourth-order valence-electron chi connectivity index (χ4n) is 2.05. The first-order chi connectivity index (χ1) is 7.72. The van der Waals surface area contributed by atoms with Gasteiger partial charge in [0.15, 0.2) is 0 Å². The van der Waals surface area contributed by atoms with Crippen molar-refractivity contribution in [1.29, 1.82) is 0 Å². The molecule has 1 amide bonds. The summed E-state index contributed by atoms with van der Waals surface area (Å²) in [6.07, 6.45) is 2.07. The quantitative estimate of drug-likeness (QED) is 0.808. The van der Waals surface area contributed by atoms with Gasteiger partial charge < -0.3 is 9.64 Å². The summed E-state index contributed by atoms with van der Waals surface area (Å²) in [5, 5.41) is 3.09. The number of ether oxygens (including phenoxy) is 1. The maximum atomic E-state index is 11.8. The lowest BCUT2D eigenvalue weighted by molar-refractivity contribution is -0.136. The predicted octanol–water partition coefficient (Wildman–Crippen LogP) is 1.76. The zero-order chi connectivity index (χ0) is 11.5. The highest BCUT2D eigenvalue weighted by atomic mass is 32.1. The largest absolute Gasteiger partial charge is 0.375 e. The van der Waals surface area contributed by atoms with Gasteiger partial charge >= 0.3 is 0 Å². The van der Waals surface area contributed by atoms with Crippen LogP contribution < -0.4 is 0 Å². The number of likely N-dealkylation sites (tertiary alicyclic amines) is 1. The van der Waals surface area contributed by atoms with E-state index >= 15 is 0 Å². The molecule has 0 unspecified atom stereocenters. The lowest BCUT2D eigenvalue weighted by atomic mass is 10.2.